The standard InChI is InChI=1S/C19H14F3N3O/c20-19(21,22)14-5-3-4-12(8-14)17(26)11-25-18-13(9-23)10-24-16-7-2-1-6-15(16)18/h1-8,10,17,26H,11H2,(H,24,25). The average Bonchev–Trinajstić information content (AvgIpc) is 2.65. The Balaban J connectivity index is 1.86. The number of fused-ring (bicyclic) bond motifs is 1. The molecule has 0 fully saturated rings. The van der Waals surface area contributed by atoms with Gasteiger partial charge in [0, 0.05) is 18.1 Å². The number of nitrogens with one attached hydrogen (secondary N) is 1. The van der Waals surface area contributed by atoms with Crippen molar-refractivity contribution >= 4 is 16.6 Å². The van der Waals surface area contributed by atoms with Crippen molar-refractivity contribution in [3.8, 4) is 6.07 Å². The topological polar surface area (TPSA) is 68.9 Å². The van der Waals surface area contributed by atoms with E-state index in [9.17, 15) is 23.5 Å². The highest BCUT2D eigenvalue weighted by Gasteiger charge is 2.30. The lowest BCUT2D eigenvalue weighted by molar-refractivity contribution is -0.137. The molecule has 1 heterocycles. The molecule has 3 aromatic rings. The van der Waals surface area contributed by atoms with Gasteiger partial charge in [-0.05, 0) is 23.8 Å². The van der Waals surface area contributed by atoms with Crippen LogP contribution in [-0.2, 0) is 6.18 Å². The lowest BCUT2D eigenvalue weighted by Gasteiger charge is -2.17. The van der Waals surface area contributed by atoms with Crippen LogP contribution in [0.4, 0.5) is 18.9 Å². The highest BCUT2D eigenvalue weighted by Crippen LogP contribution is 2.31. The third-order valence-electron chi connectivity index (χ3n) is 3.97. The number of alkyl halides is 3. The SMILES string of the molecule is N#Cc1cnc2ccccc2c1NCC(O)c1cccc(C(F)(F)F)c1. The predicted octanol–water partition coefficient (Wildman–Crippen LogP) is 4.27. The van der Waals surface area contributed by atoms with Gasteiger partial charge in [0.1, 0.15) is 6.07 Å². The van der Waals surface area contributed by atoms with E-state index < -0.39 is 17.8 Å². The zero-order valence-corrected chi connectivity index (χ0v) is 13.5. The number of aliphatic hydroxyl groups is 1. The van der Waals surface area contributed by atoms with Crippen molar-refractivity contribution in [2.24, 2.45) is 0 Å². The lowest BCUT2D eigenvalue weighted by atomic mass is 10.0. The number of benzene rings is 2. The summed E-state index contributed by atoms with van der Waals surface area (Å²) in [5.74, 6) is 0. The highest BCUT2D eigenvalue weighted by atomic mass is 19.4. The second kappa shape index (κ2) is 7.02. The maximum atomic E-state index is 12.8. The molecular formula is C19H14F3N3O. The number of rotatable bonds is 4. The summed E-state index contributed by atoms with van der Waals surface area (Å²) in [5, 5.41) is 23.2. The van der Waals surface area contributed by atoms with E-state index in [1.165, 1.54) is 18.3 Å². The van der Waals surface area contributed by atoms with E-state index in [2.05, 4.69) is 10.3 Å². The van der Waals surface area contributed by atoms with Crippen LogP contribution in [-0.4, -0.2) is 16.6 Å². The van der Waals surface area contributed by atoms with E-state index in [1.807, 2.05) is 12.1 Å². The van der Waals surface area contributed by atoms with Gasteiger partial charge in [-0.2, -0.15) is 18.4 Å². The van der Waals surface area contributed by atoms with Crippen molar-refractivity contribution in [3.63, 3.8) is 0 Å². The fourth-order valence-electron chi connectivity index (χ4n) is 2.66. The molecule has 0 bridgehead atoms. The van der Waals surface area contributed by atoms with Crippen molar-refractivity contribution < 1.29 is 18.3 Å². The van der Waals surface area contributed by atoms with E-state index in [-0.39, 0.29) is 12.1 Å². The van der Waals surface area contributed by atoms with Crippen molar-refractivity contribution in [2.45, 2.75) is 12.3 Å². The molecule has 2 N–H and O–H groups in total. The smallest absolute Gasteiger partial charge is 0.387 e. The van der Waals surface area contributed by atoms with Crippen molar-refractivity contribution in [2.75, 3.05) is 11.9 Å². The molecule has 4 nitrogen and oxygen atoms in total. The summed E-state index contributed by atoms with van der Waals surface area (Å²) in [6.45, 7) is -0.0516. The van der Waals surface area contributed by atoms with E-state index in [4.69, 9.17) is 0 Å². The van der Waals surface area contributed by atoms with E-state index >= 15 is 0 Å². The third-order valence-corrected chi connectivity index (χ3v) is 3.97. The van der Waals surface area contributed by atoms with E-state index in [0.717, 1.165) is 12.1 Å². The minimum atomic E-state index is -4.47. The van der Waals surface area contributed by atoms with Gasteiger partial charge in [0.2, 0.25) is 0 Å². The molecule has 0 aliphatic heterocycles. The predicted molar refractivity (Wildman–Crippen MR) is 91.4 cm³/mol. The molecule has 1 unspecified atom stereocenters. The molecule has 0 saturated heterocycles. The monoisotopic (exact) mass is 357 g/mol. The molecular weight excluding hydrogens is 343 g/mol. The maximum absolute atomic E-state index is 12.8. The van der Waals surface area contributed by atoms with Gasteiger partial charge in [-0.15, -0.1) is 0 Å². The summed E-state index contributed by atoms with van der Waals surface area (Å²) in [5.41, 5.74) is 0.775. The van der Waals surface area contributed by atoms with Crippen LogP contribution in [0, 0.1) is 11.3 Å². The molecule has 0 aliphatic rings. The number of halogens is 3. The quantitative estimate of drug-likeness (QED) is 0.732. The molecule has 0 aliphatic carbocycles. The molecule has 0 saturated carbocycles. The minimum absolute atomic E-state index is 0.0516. The van der Waals surface area contributed by atoms with Crippen LogP contribution in [0.1, 0.15) is 22.8 Å². The number of aromatic nitrogens is 1. The van der Waals surface area contributed by atoms with Gasteiger partial charge in [0.05, 0.1) is 28.4 Å². The van der Waals surface area contributed by atoms with Crippen molar-refractivity contribution in [1.29, 1.82) is 5.26 Å². The van der Waals surface area contributed by atoms with Gasteiger partial charge >= 0.3 is 6.18 Å². The van der Waals surface area contributed by atoms with Gasteiger partial charge in [0.15, 0.2) is 0 Å². The largest absolute Gasteiger partial charge is 0.416 e. The Morgan fingerprint density at radius 3 is 2.65 bits per heavy atom. The number of pyridine rings is 1. The number of anilines is 1. The fraction of sp³-hybridized carbons (Fsp3) is 0.158. The van der Waals surface area contributed by atoms with Gasteiger partial charge < -0.3 is 10.4 Å². The first kappa shape index (κ1) is 17.7. The Morgan fingerprint density at radius 2 is 1.92 bits per heavy atom. The van der Waals surface area contributed by atoms with Crippen LogP contribution in [0.15, 0.2) is 54.7 Å². The number of hydrogen-bond donors (Lipinski definition) is 2. The second-order valence-electron chi connectivity index (χ2n) is 5.70. The van der Waals surface area contributed by atoms with Crippen LogP contribution in [0.25, 0.3) is 10.9 Å². The Morgan fingerprint density at radius 1 is 1.15 bits per heavy atom. The van der Waals surface area contributed by atoms with Gasteiger partial charge in [0.25, 0.3) is 0 Å². The Labute approximate surface area is 147 Å². The van der Waals surface area contributed by atoms with Crippen LogP contribution in [0.3, 0.4) is 0 Å². The van der Waals surface area contributed by atoms with Crippen LogP contribution in [0.5, 0.6) is 0 Å². The Bertz CT molecular complexity index is 980. The number of hydrogen-bond acceptors (Lipinski definition) is 4. The molecule has 132 valence electrons. The first-order valence-electron chi connectivity index (χ1n) is 7.77. The second-order valence-corrected chi connectivity index (χ2v) is 5.70. The van der Waals surface area contributed by atoms with E-state index in [0.29, 0.717) is 22.2 Å². The Kier molecular flexibility index (Phi) is 4.78. The number of nitrogens with zero attached hydrogens (tertiary/aromatic N) is 2. The molecule has 0 amide bonds. The van der Waals surface area contributed by atoms with Gasteiger partial charge in [-0.25, -0.2) is 0 Å². The zero-order chi connectivity index (χ0) is 18.7. The molecule has 7 heteroatoms. The molecule has 26 heavy (non-hydrogen) atoms. The van der Waals surface area contributed by atoms with E-state index in [1.54, 1.807) is 18.2 Å². The number of para-hydroxylation sites is 1. The van der Waals surface area contributed by atoms with Crippen LogP contribution >= 0.6 is 0 Å². The normalized spacial score (nSPS) is 12.6. The average molecular weight is 357 g/mol. The number of aliphatic hydroxyl groups excluding tert-OH is 1. The summed E-state index contributed by atoms with van der Waals surface area (Å²) in [7, 11) is 0. The van der Waals surface area contributed by atoms with Crippen molar-refractivity contribution in [3.05, 3.63) is 71.4 Å². The molecule has 1 atom stereocenters. The molecule has 0 spiro atoms. The minimum Gasteiger partial charge on any atom is -0.387 e. The summed E-state index contributed by atoms with van der Waals surface area (Å²) >= 11 is 0. The summed E-state index contributed by atoms with van der Waals surface area (Å²) in [6.07, 6.45) is -4.23. The fourth-order valence-corrected chi connectivity index (χ4v) is 2.66. The maximum Gasteiger partial charge on any atom is 0.416 e. The highest BCUT2D eigenvalue weighted by molar-refractivity contribution is 5.93. The molecule has 2 aromatic carbocycles. The van der Waals surface area contributed by atoms with Gasteiger partial charge in [-0.1, -0.05) is 30.3 Å². The summed E-state index contributed by atoms with van der Waals surface area (Å²) in [4.78, 5) is 4.19. The van der Waals surface area contributed by atoms with Crippen molar-refractivity contribution in [1.82, 2.24) is 4.98 Å². The molecule has 3 rings (SSSR count). The summed E-state index contributed by atoms with van der Waals surface area (Å²) in [6, 6.07) is 13.7. The first-order valence-corrected chi connectivity index (χ1v) is 7.77. The van der Waals surface area contributed by atoms with Crippen LogP contribution in [0.2, 0.25) is 0 Å². The third kappa shape index (κ3) is 3.60. The van der Waals surface area contributed by atoms with Crippen LogP contribution < -0.4 is 5.32 Å². The first-order chi connectivity index (χ1) is 12.4. The molecule has 1 aromatic heterocycles. The Hall–Kier alpha value is -3.11. The lowest BCUT2D eigenvalue weighted by Crippen LogP contribution is -2.14. The zero-order valence-electron chi connectivity index (χ0n) is 13.5. The number of nitriles is 1. The van der Waals surface area contributed by atoms with Gasteiger partial charge in [-0.3, -0.25) is 4.98 Å². The summed E-state index contributed by atoms with van der Waals surface area (Å²) < 4.78 is 38.4. The molecule has 0 radical (unpaired) electrons.